The fourth-order valence-corrected chi connectivity index (χ4v) is 1.23. The van der Waals surface area contributed by atoms with E-state index in [1.54, 1.807) is 0 Å². The number of amides is 2. The molecule has 4 N–H and O–H groups in total. The van der Waals surface area contributed by atoms with Crippen LogP contribution in [0.3, 0.4) is 0 Å². The van der Waals surface area contributed by atoms with E-state index in [1.165, 1.54) is 16.6 Å². The summed E-state index contributed by atoms with van der Waals surface area (Å²) >= 11 is 0. The number of nitrogens with one attached hydrogen (secondary N) is 1. The summed E-state index contributed by atoms with van der Waals surface area (Å²) in [5.74, 6) is -0.414. The SMILES string of the molecule is NC(=O)c1ccc2nnc(CNC(=O)O)n2n1. The number of carbonyl (C=O) groups is 2. The van der Waals surface area contributed by atoms with Crippen LogP contribution in [0.4, 0.5) is 4.79 Å². The van der Waals surface area contributed by atoms with E-state index in [-0.39, 0.29) is 18.1 Å². The number of carboxylic acid groups (broad SMARTS) is 1. The first-order valence-electron chi connectivity index (χ1n) is 4.56. The van der Waals surface area contributed by atoms with Crippen LogP contribution in [-0.2, 0) is 6.54 Å². The van der Waals surface area contributed by atoms with E-state index in [2.05, 4.69) is 20.6 Å². The first-order chi connectivity index (χ1) is 8.08. The highest BCUT2D eigenvalue weighted by Crippen LogP contribution is 2.02. The normalized spacial score (nSPS) is 10.4. The fraction of sp³-hybridized carbons (Fsp3) is 0.125. The van der Waals surface area contributed by atoms with Crippen molar-refractivity contribution in [2.24, 2.45) is 5.73 Å². The lowest BCUT2D eigenvalue weighted by atomic mass is 10.4. The van der Waals surface area contributed by atoms with Gasteiger partial charge in [-0.15, -0.1) is 10.2 Å². The third-order valence-corrected chi connectivity index (χ3v) is 1.98. The van der Waals surface area contributed by atoms with Crippen molar-refractivity contribution in [3.63, 3.8) is 0 Å². The maximum absolute atomic E-state index is 10.9. The number of primary amides is 1. The molecule has 0 unspecified atom stereocenters. The summed E-state index contributed by atoms with van der Waals surface area (Å²) in [6, 6.07) is 2.94. The Morgan fingerprint density at radius 3 is 2.82 bits per heavy atom. The predicted octanol–water partition coefficient (Wildman–Crippen LogP) is -1.01. The highest BCUT2D eigenvalue weighted by molar-refractivity contribution is 5.90. The summed E-state index contributed by atoms with van der Waals surface area (Å²) in [4.78, 5) is 21.3. The Bertz CT molecular complexity index is 592. The first kappa shape index (κ1) is 10.8. The van der Waals surface area contributed by atoms with Gasteiger partial charge in [0.2, 0.25) is 0 Å². The Balaban J connectivity index is 2.39. The van der Waals surface area contributed by atoms with E-state index in [1.807, 2.05) is 0 Å². The lowest BCUT2D eigenvalue weighted by molar-refractivity contribution is 0.0994. The molecule has 2 heterocycles. The van der Waals surface area contributed by atoms with E-state index in [4.69, 9.17) is 10.8 Å². The number of rotatable bonds is 3. The van der Waals surface area contributed by atoms with E-state index >= 15 is 0 Å². The summed E-state index contributed by atoms with van der Waals surface area (Å²) in [7, 11) is 0. The molecule has 0 aromatic carbocycles. The number of aromatic nitrogens is 4. The Morgan fingerprint density at radius 1 is 1.41 bits per heavy atom. The largest absolute Gasteiger partial charge is 0.465 e. The molecule has 88 valence electrons. The van der Waals surface area contributed by atoms with Crippen LogP contribution >= 0.6 is 0 Å². The highest BCUT2D eigenvalue weighted by atomic mass is 16.4. The van der Waals surface area contributed by atoms with Crippen molar-refractivity contribution in [3.05, 3.63) is 23.7 Å². The molecule has 2 aromatic heterocycles. The topological polar surface area (TPSA) is 136 Å². The quantitative estimate of drug-likeness (QED) is 0.624. The molecule has 0 atom stereocenters. The minimum Gasteiger partial charge on any atom is -0.465 e. The van der Waals surface area contributed by atoms with Gasteiger partial charge >= 0.3 is 6.09 Å². The molecule has 2 aromatic rings. The molecule has 17 heavy (non-hydrogen) atoms. The van der Waals surface area contributed by atoms with Crippen molar-refractivity contribution in [1.29, 1.82) is 0 Å². The van der Waals surface area contributed by atoms with Crippen LogP contribution in [0.15, 0.2) is 12.1 Å². The molecule has 9 nitrogen and oxygen atoms in total. The van der Waals surface area contributed by atoms with Gasteiger partial charge in [-0.1, -0.05) is 0 Å². The van der Waals surface area contributed by atoms with Crippen molar-refractivity contribution < 1.29 is 14.7 Å². The maximum Gasteiger partial charge on any atom is 0.405 e. The Hall–Kier alpha value is -2.71. The zero-order valence-electron chi connectivity index (χ0n) is 8.49. The summed E-state index contributed by atoms with van der Waals surface area (Å²) < 4.78 is 1.26. The van der Waals surface area contributed by atoms with Crippen molar-refractivity contribution in [3.8, 4) is 0 Å². The monoisotopic (exact) mass is 236 g/mol. The number of nitrogens with zero attached hydrogens (tertiary/aromatic N) is 4. The van der Waals surface area contributed by atoms with Gasteiger partial charge in [0.15, 0.2) is 11.5 Å². The molecule has 0 saturated heterocycles. The minimum absolute atomic E-state index is 0.0499. The van der Waals surface area contributed by atoms with Crippen LogP contribution < -0.4 is 11.1 Å². The molecule has 0 aliphatic heterocycles. The molecule has 0 radical (unpaired) electrons. The van der Waals surface area contributed by atoms with Gasteiger partial charge in [-0.05, 0) is 12.1 Å². The van der Waals surface area contributed by atoms with Crippen LogP contribution in [0.2, 0.25) is 0 Å². The second-order valence-corrected chi connectivity index (χ2v) is 3.13. The van der Waals surface area contributed by atoms with Crippen LogP contribution in [0.5, 0.6) is 0 Å². The van der Waals surface area contributed by atoms with Crippen LogP contribution in [0, 0.1) is 0 Å². The summed E-state index contributed by atoms with van der Waals surface area (Å²) in [5.41, 5.74) is 5.53. The third kappa shape index (κ3) is 2.12. The lowest BCUT2D eigenvalue weighted by Crippen LogP contribution is -2.22. The lowest BCUT2D eigenvalue weighted by Gasteiger charge is -2.00. The molecule has 0 bridgehead atoms. The van der Waals surface area contributed by atoms with Gasteiger partial charge in [0.25, 0.3) is 5.91 Å². The summed E-state index contributed by atoms with van der Waals surface area (Å²) in [6.07, 6.45) is -1.19. The number of hydrogen-bond donors (Lipinski definition) is 3. The number of nitrogens with two attached hydrogens (primary N) is 1. The Labute approximate surface area is 94.2 Å². The van der Waals surface area contributed by atoms with Crippen molar-refractivity contribution in [2.75, 3.05) is 0 Å². The molecular formula is C8H8N6O3. The molecule has 0 aliphatic rings. The summed E-state index contributed by atoms with van der Waals surface area (Å²) in [6.45, 7) is -0.0638. The zero-order chi connectivity index (χ0) is 12.4. The van der Waals surface area contributed by atoms with Crippen LogP contribution in [0.25, 0.3) is 5.65 Å². The molecule has 2 amide bonds. The van der Waals surface area contributed by atoms with Gasteiger partial charge in [0.05, 0.1) is 6.54 Å². The minimum atomic E-state index is -1.19. The third-order valence-electron chi connectivity index (χ3n) is 1.98. The highest BCUT2D eigenvalue weighted by Gasteiger charge is 2.10. The standard InChI is InChI=1S/C8H8N6O3/c9-7(15)4-1-2-5-11-12-6(14(5)13-4)3-10-8(16)17/h1-2,10H,3H2,(H2,9,15)(H,16,17). The second kappa shape index (κ2) is 4.04. The van der Waals surface area contributed by atoms with Gasteiger partial charge in [0.1, 0.15) is 5.69 Å². The molecule has 0 aliphatic carbocycles. The van der Waals surface area contributed by atoms with Crippen LogP contribution in [-0.4, -0.2) is 36.9 Å². The van der Waals surface area contributed by atoms with Crippen molar-refractivity contribution in [2.45, 2.75) is 6.54 Å². The van der Waals surface area contributed by atoms with Gasteiger partial charge < -0.3 is 16.2 Å². The van der Waals surface area contributed by atoms with E-state index in [0.29, 0.717) is 5.65 Å². The van der Waals surface area contributed by atoms with Gasteiger partial charge in [-0.25, -0.2) is 4.79 Å². The number of fused-ring (bicyclic) bond motifs is 1. The van der Waals surface area contributed by atoms with E-state index < -0.39 is 12.0 Å². The Morgan fingerprint density at radius 2 is 2.18 bits per heavy atom. The van der Waals surface area contributed by atoms with E-state index in [0.717, 1.165) is 0 Å². The molecule has 0 spiro atoms. The first-order valence-corrected chi connectivity index (χ1v) is 4.56. The van der Waals surface area contributed by atoms with Gasteiger partial charge in [-0.3, -0.25) is 4.79 Å². The second-order valence-electron chi connectivity index (χ2n) is 3.13. The van der Waals surface area contributed by atoms with Crippen molar-refractivity contribution in [1.82, 2.24) is 25.1 Å². The maximum atomic E-state index is 10.9. The number of carbonyl (C=O) groups excluding carboxylic acids is 1. The smallest absolute Gasteiger partial charge is 0.405 e. The predicted molar refractivity (Wildman–Crippen MR) is 54.2 cm³/mol. The van der Waals surface area contributed by atoms with Crippen LogP contribution in [0.1, 0.15) is 16.3 Å². The average molecular weight is 236 g/mol. The zero-order valence-corrected chi connectivity index (χ0v) is 8.49. The molecular weight excluding hydrogens is 228 g/mol. The Kier molecular flexibility index (Phi) is 2.57. The summed E-state index contributed by atoms with van der Waals surface area (Å²) in [5, 5.41) is 22.0. The molecule has 2 rings (SSSR count). The average Bonchev–Trinajstić information content (AvgIpc) is 2.68. The number of hydrogen-bond acceptors (Lipinski definition) is 5. The molecule has 0 saturated carbocycles. The van der Waals surface area contributed by atoms with Crippen molar-refractivity contribution >= 4 is 17.6 Å². The molecule has 0 fully saturated rings. The van der Waals surface area contributed by atoms with Gasteiger partial charge in [0, 0.05) is 0 Å². The fourth-order valence-electron chi connectivity index (χ4n) is 1.23. The molecule has 9 heteroatoms. The van der Waals surface area contributed by atoms with E-state index in [9.17, 15) is 9.59 Å². The van der Waals surface area contributed by atoms with Gasteiger partial charge in [-0.2, -0.15) is 9.61 Å².